The van der Waals surface area contributed by atoms with Gasteiger partial charge in [-0.3, -0.25) is 0 Å². The van der Waals surface area contributed by atoms with Crippen LogP contribution in [0.1, 0.15) is 35.9 Å². The summed E-state index contributed by atoms with van der Waals surface area (Å²) in [6.07, 6.45) is 0. The Kier molecular flexibility index (Phi) is 2.60. The molecule has 0 aliphatic rings. The van der Waals surface area contributed by atoms with Crippen LogP contribution in [0.15, 0.2) is 24.3 Å². The van der Waals surface area contributed by atoms with Gasteiger partial charge in [-0.2, -0.15) is 5.26 Å². The molecule has 0 unspecified atom stereocenters. The lowest BCUT2D eigenvalue weighted by molar-refractivity contribution is 0.0684. The molecule has 0 bridgehead atoms. The van der Waals surface area contributed by atoms with E-state index in [0.29, 0.717) is 5.56 Å². The first-order valence-electron chi connectivity index (χ1n) is 5.33. The molecule has 0 atom stereocenters. The van der Waals surface area contributed by atoms with E-state index in [1.807, 2.05) is 19.9 Å². The molecule has 1 N–H and O–H groups in total. The van der Waals surface area contributed by atoms with E-state index in [0.717, 1.165) is 10.9 Å². The maximum absolute atomic E-state index is 11.2. The Morgan fingerprint density at radius 3 is 2.65 bits per heavy atom. The molecular weight excluding hydrogens is 216 g/mol. The summed E-state index contributed by atoms with van der Waals surface area (Å²) in [4.78, 5) is 11.2. The van der Waals surface area contributed by atoms with Crippen LogP contribution in [0.5, 0.6) is 0 Å². The Hall–Kier alpha value is -2.28. The molecule has 0 amide bonds. The number of hydrogen-bond donors (Lipinski definition) is 1. The number of carbonyl (C=O) groups is 1. The first-order valence-corrected chi connectivity index (χ1v) is 5.33. The van der Waals surface area contributed by atoms with E-state index in [-0.39, 0.29) is 11.7 Å². The van der Waals surface area contributed by atoms with Crippen LogP contribution >= 0.6 is 0 Å². The molecule has 4 nitrogen and oxygen atoms in total. The fourth-order valence-corrected chi connectivity index (χ4v) is 2.03. The quantitative estimate of drug-likeness (QED) is 0.859. The van der Waals surface area contributed by atoms with Crippen LogP contribution < -0.4 is 0 Å². The second-order valence-electron chi connectivity index (χ2n) is 4.18. The van der Waals surface area contributed by atoms with Gasteiger partial charge in [0.2, 0.25) is 0 Å². The predicted molar refractivity (Wildman–Crippen MR) is 64.0 cm³/mol. The molecule has 0 aliphatic carbocycles. The van der Waals surface area contributed by atoms with Gasteiger partial charge in [0, 0.05) is 16.9 Å². The highest BCUT2D eigenvalue weighted by Gasteiger charge is 2.16. The molecule has 0 spiro atoms. The van der Waals surface area contributed by atoms with Crippen LogP contribution in [-0.4, -0.2) is 15.6 Å². The van der Waals surface area contributed by atoms with Crippen molar-refractivity contribution in [3.05, 3.63) is 35.5 Å². The molecule has 0 aliphatic heterocycles. The van der Waals surface area contributed by atoms with Gasteiger partial charge in [0.25, 0.3) is 0 Å². The van der Waals surface area contributed by atoms with Gasteiger partial charge < -0.3 is 9.67 Å². The summed E-state index contributed by atoms with van der Waals surface area (Å²) in [5.74, 6) is -0.951. The number of nitrogens with zero attached hydrogens (tertiary/aromatic N) is 2. The first-order chi connectivity index (χ1) is 8.04. The molecule has 4 heteroatoms. The lowest BCUT2D eigenvalue weighted by atomic mass is 10.2. The maximum Gasteiger partial charge on any atom is 0.352 e. The second-order valence-corrected chi connectivity index (χ2v) is 4.18. The van der Waals surface area contributed by atoms with Gasteiger partial charge in [0.05, 0.1) is 11.6 Å². The maximum atomic E-state index is 11.2. The van der Waals surface area contributed by atoms with Gasteiger partial charge in [0.1, 0.15) is 5.69 Å². The van der Waals surface area contributed by atoms with E-state index in [4.69, 9.17) is 10.4 Å². The second kappa shape index (κ2) is 3.95. The number of fused-ring (bicyclic) bond motifs is 1. The number of hydrogen-bond acceptors (Lipinski definition) is 2. The van der Waals surface area contributed by atoms with Crippen molar-refractivity contribution in [2.24, 2.45) is 0 Å². The molecule has 1 aromatic heterocycles. The van der Waals surface area contributed by atoms with Crippen LogP contribution in [0.3, 0.4) is 0 Å². The van der Waals surface area contributed by atoms with Gasteiger partial charge in [-0.15, -0.1) is 0 Å². The summed E-state index contributed by atoms with van der Waals surface area (Å²) >= 11 is 0. The average molecular weight is 228 g/mol. The van der Waals surface area contributed by atoms with E-state index in [1.54, 1.807) is 28.8 Å². The highest BCUT2D eigenvalue weighted by atomic mass is 16.4. The molecule has 0 radical (unpaired) electrons. The summed E-state index contributed by atoms with van der Waals surface area (Å²) in [7, 11) is 0. The van der Waals surface area contributed by atoms with Crippen molar-refractivity contribution < 1.29 is 9.90 Å². The summed E-state index contributed by atoms with van der Waals surface area (Å²) in [5.41, 5.74) is 1.64. The zero-order chi connectivity index (χ0) is 12.6. The van der Waals surface area contributed by atoms with Crippen LogP contribution in [0.4, 0.5) is 0 Å². The monoisotopic (exact) mass is 228 g/mol. The fraction of sp³-hybridized carbons (Fsp3) is 0.231. The molecule has 2 rings (SSSR count). The van der Waals surface area contributed by atoms with Gasteiger partial charge in [-0.1, -0.05) is 0 Å². The number of aromatic nitrogens is 1. The standard InChI is InChI=1S/C13H12N2O2/c1-8(2)15-11-4-3-9(7-14)5-10(11)6-12(15)13(16)17/h3-6,8H,1-2H3,(H,16,17). The van der Waals surface area contributed by atoms with E-state index in [2.05, 4.69) is 0 Å². The minimum atomic E-state index is -0.951. The number of aromatic carboxylic acids is 1. The van der Waals surface area contributed by atoms with Crippen molar-refractivity contribution in [3.63, 3.8) is 0 Å². The highest BCUT2D eigenvalue weighted by Crippen LogP contribution is 2.25. The zero-order valence-electron chi connectivity index (χ0n) is 9.64. The van der Waals surface area contributed by atoms with Crippen LogP contribution in [0.25, 0.3) is 10.9 Å². The minimum Gasteiger partial charge on any atom is -0.477 e. The molecular formula is C13H12N2O2. The summed E-state index contributed by atoms with van der Waals surface area (Å²) < 4.78 is 1.76. The Morgan fingerprint density at radius 1 is 1.41 bits per heavy atom. The predicted octanol–water partition coefficient (Wildman–Crippen LogP) is 2.79. The highest BCUT2D eigenvalue weighted by molar-refractivity contribution is 5.95. The van der Waals surface area contributed by atoms with Crippen molar-refractivity contribution in [3.8, 4) is 6.07 Å². The van der Waals surface area contributed by atoms with E-state index < -0.39 is 5.97 Å². The van der Waals surface area contributed by atoms with Gasteiger partial charge in [-0.25, -0.2) is 4.79 Å². The lowest BCUT2D eigenvalue weighted by Crippen LogP contribution is -2.10. The minimum absolute atomic E-state index is 0.0616. The molecule has 1 aromatic carbocycles. The largest absolute Gasteiger partial charge is 0.477 e. The molecule has 2 aromatic rings. The van der Waals surface area contributed by atoms with Crippen LogP contribution in [-0.2, 0) is 0 Å². The van der Waals surface area contributed by atoms with Crippen LogP contribution in [0, 0.1) is 11.3 Å². The number of carboxylic acids is 1. The van der Waals surface area contributed by atoms with E-state index in [1.165, 1.54) is 0 Å². The SMILES string of the molecule is CC(C)n1c(C(=O)O)cc2cc(C#N)ccc21. The molecule has 0 fully saturated rings. The van der Waals surface area contributed by atoms with Crippen LogP contribution in [0.2, 0.25) is 0 Å². The summed E-state index contributed by atoms with van der Waals surface area (Å²) in [6, 6.07) is 8.92. The molecule has 17 heavy (non-hydrogen) atoms. The topological polar surface area (TPSA) is 66.0 Å². The third-order valence-electron chi connectivity index (χ3n) is 2.70. The summed E-state index contributed by atoms with van der Waals surface area (Å²) in [6.45, 7) is 3.87. The van der Waals surface area contributed by atoms with E-state index in [9.17, 15) is 4.79 Å². The summed E-state index contributed by atoms with van der Waals surface area (Å²) in [5, 5.41) is 18.8. The normalized spacial score (nSPS) is 10.7. The third-order valence-corrected chi connectivity index (χ3v) is 2.70. The Morgan fingerprint density at radius 2 is 2.12 bits per heavy atom. The first kappa shape index (κ1) is 11.2. The molecule has 86 valence electrons. The van der Waals surface area contributed by atoms with Crippen molar-refractivity contribution in [1.82, 2.24) is 4.57 Å². The van der Waals surface area contributed by atoms with Crippen molar-refractivity contribution in [2.75, 3.05) is 0 Å². The van der Waals surface area contributed by atoms with Crippen molar-refractivity contribution >= 4 is 16.9 Å². The Bertz CT molecular complexity index is 633. The van der Waals surface area contributed by atoms with Gasteiger partial charge in [0.15, 0.2) is 0 Å². The smallest absolute Gasteiger partial charge is 0.352 e. The number of benzene rings is 1. The fourth-order valence-electron chi connectivity index (χ4n) is 2.03. The number of nitriles is 1. The third kappa shape index (κ3) is 1.76. The Labute approximate surface area is 98.7 Å². The van der Waals surface area contributed by atoms with Gasteiger partial charge >= 0.3 is 5.97 Å². The van der Waals surface area contributed by atoms with Crippen molar-refractivity contribution in [1.29, 1.82) is 5.26 Å². The molecule has 1 heterocycles. The molecule has 0 saturated carbocycles. The lowest BCUT2D eigenvalue weighted by Gasteiger charge is -2.12. The number of rotatable bonds is 2. The molecule has 0 saturated heterocycles. The average Bonchev–Trinajstić information content (AvgIpc) is 2.66. The Balaban J connectivity index is 2.80. The number of carboxylic acid groups (broad SMARTS) is 1. The zero-order valence-corrected chi connectivity index (χ0v) is 9.64. The van der Waals surface area contributed by atoms with Crippen molar-refractivity contribution in [2.45, 2.75) is 19.9 Å². The van der Waals surface area contributed by atoms with Gasteiger partial charge in [-0.05, 0) is 38.1 Å². The van der Waals surface area contributed by atoms with E-state index >= 15 is 0 Å².